The monoisotopic (exact) mass is 338 g/mol. The van der Waals surface area contributed by atoms with E-state index in [1.807, 2.05) is 30.3 Å². The Morgan fingerprint density at radius 1 is 1.04 bits per heavy atom. The van der Waals surface area contributed by atoms with Crippen LogP contribution in [0.25, 0.3) is 11.0 Å². The van der Waals surface area contributed by atoms with Gasteiger partial charge in [0.15, 0.2) is 0 Å². The average molecular weight is 338 g/mol. The van der Waals surface area contributed by atoms with Crippen molar-refractivity contribution >= 4 is 11.0 Å². The van der Waals surface area contributed by atoms with Gasteiger partial charge in [-0.1, -0.05) is 30.3 Å². The van der Waals surface area contributed by atoms with Crippen molar-refractivity contribution in [1.29, 1.82) is 0 Å². The molecular formula is C21H23FN2O. The van der Waals surface area contributed by atoms with E-state index in [1.165, 1.54) is 17.7 Å². The molecule has 0 spiro atoms. The van der Waals surface area contributed by atoms with Crippen LogP contribution in [0.4, 0.5) is 4.39 Å². The highest BCUT2D eigenvalue weighted by Gasteiger charge is 2.19. The van der Waals surface area contributed by atoms with Crippen LogP contribution >= 0.6 is 0 Å². The number of para-hydroxylation sites is 1. The fraction of sp³-hybridized carbons (Fsp3) is 0.333. The smallest absolute Gasteiger partial charge is 0.134 e. The van der Waals surface area contributed by atoms with Gasteiger partial charge in [0.25, 0.3) is 0 Å². The summed E-state index contributed by atoms with van der Waals surface area (Å²) in [7, 11) is 0. The van der Waals surface area contributed by atoms with E-state index in [4.69, 9.17) is 4.42 Å². The van der Waals surface area contributed by atoms with E-state index in [2.05, 4.69) is 22.3 Å². The van der Waals surface area contributed by atoms with Gasteiger partial charge in [0.05, 0.1) is 6.54 Å². The van der Waals surface area contributed by atoms with Crippen molar-refractivity contribution in [2.24, 2.45) is 0 Å². The van der Waals surface area contributed by atoms with Gasteiger partial charge in [-0.05, 0) is 55.8 Å². The van der Waals surface area contributed by atoms with Gasteiger partial charge in [-0.25, -0.2) is 4.39 Å². The quantitative estimate of drug-likeness (QED) is 0.751. The van der Waals surface area contributed by atoms with Crippen LogP contribution in [0.15, 0.2) is 59.0 Å². The van der Waals surface area contributed by atoms with E-state index >= 15 is 0 Å². The molecule has 2 heterocycles. The number of piperidine rings is 1. The maximum Gasteiger partial charge on any atom is 0.134 e. The number of rotatable bonds is 5. The average Bonchev–Trinajstić information content (AvgIpc) is 3.06. The molecule has 0 atom stereocenters. The lowest BCUT2D eigenvalue weighted by Gasteiger charge is -2.32. The standard InChI is InChI=1S/C21H23FN2O/c22-18-7-5-16(6-8-18)15-24-11-9-19(10-12-24)23-14-20-13-17-3-1-2-4-21(17)25-20/h1-8,13,19,23H,9-12,14-15H2. The lowest BCUT2D eigenvalue weighted by molar-refractivity contribution is 0.189. The van der Waals surface area contributed by atoms with Gasteiger partial charge < -0.3 is 9.73 Å². The highest BCUT2D eigenvalue weighted by molar-refractivity contribution is 5.77. The third-order valence-electron chi connectivity index (χ3n) is 4.95. The van der Waals surface area contributed by atoms with Gasteiger partial charge in [0.1, 0.15) is 17.2 Å². The van der Waals surface area contributed by atoms with Gasteiger partial charge in [-0.2, -0.15) is 0 Å². The summed E-state index contributed by atoms with van der Waals surface area (Å²) >= 11 is 0. The molecule has 0 bridgehead atoms. The van der Waals surface area contributed by atoms with Gasteiger partial charge in [0, 0.05) is 18.0 Å². The molecule has 4 heteroatoms. The Morgan fingerprint density at radius 3 is 2.56 bits per heavy atom. The Balaban J connectivity index is 1.25. The predicted molar refractivity (Wildman–Crippen MR) is 97.8 cm³/mol. The minimum Gasteiger partial charge on any atom is -0.460 e. The number of furan rings is 1. The number of fused-ring (bicyclic) bond motifs is 1. The van der Waals surface area contributed by atoms with Crippen molar-refractivity contribution < 1.29 is 8.81 Å². The molecule has 0 unspecified atom stereocenters. The third kappa shape index (κ3) is 4.09. The SMILES string of the molecule is Fc1ccc(CN2CCC(NCc3cc4ccccc4o3)CC2)cc1. The molecule has 0 saturated carbocycles. The molecule has 1 fully saturated rings. The zero-order valence-corrected chi connectivity index (χ0v) is 14.2. The first-order valence-electron chi connectivity index (χ1n) is 8.94. The van der Waals surface area contributed by atoms with Crippen LogP contribution < -0.4 is 5.32 Å². The molecule has 130 valence electrons. The van der Waals surface area contributed by atoms with Crippen molar-refractivity contribution in [3.63, 3.8) is 0 Å². The summed E-state index contributed by atoms with van der Waals surface area (Å²) in [6.07, 6.45) is 2.25. The van der Waals surface area contributed by atoms with Crippen LogP contribution in [0.5, 0.6) is 0 Å². The van der Waals surface area contributed by atoms with Crippen molar-refractivity contribution in [2.45, 2.75) is 32.0 Å². The molecule has 0 radical (unpaired) electrons. The zero-order valence-electron chi connectivity index (χ0n) is 14.2. The predicted octanol–water partition coefficient (Wildman–Crippen LogP) is 4.33. The topological polar surface area (TPSA) is 28.4 Å². The second-order valence-corrected chi connectivity index (χ2v) is 6.81. The normalized spacial score (nSPS) is 16.5. The van der Waals surface area contributed by atoms with E-state index in [9.17, 15) is 4.39 Å². The summed E-state index contributed by atoms with van der Waals surface area (Å²) in [4.78, 5) is 2.44. The van der Waals surface area contributed by atoms with Gasteiger partial charge in [-0.15, -0.1) is 0 Å². The number of halogens is 1. The number of nitrogens with zero attached hydrogens (tertiary/aromatic N) is 1. The molecule has 1 saturated heterocycles. The lowest BCUT2D eigenvalue weighted by atomic mass is 10.0. The van der Waals surface area contributed by atoms with Crippen LogP contribution in [0.2, 0.25) is 0 Å². The molecule has 2 aromatic carbocycles. The van der Waals surface area contributed by atoms with Crippen molar-refractivity contribution in [2.75, 3.05) is 13.1 Å². The number of hydrogen-bond donors (Lipinski definition) is 1. The molecule has 1 aromatic heterocycles. The summed E-state index contributed by atoms with van der Waals surface area (Å²) < 4.78 is 18.8. The van der Waals surface area contributed by atoms with Crippen LogP contribution in [-0.2, 0) is 13.1 Å². The van der Waals surface area contributed by atoms with Crippen LogP contribution in [-0.4, -0.2) is 24.0 Å². The molecule has 3 aromatic rings. The first kappa shape index (κ1) is 16.3. The molecule has 4 rings (SSSR count). The first-order chi connectivity index (χ1) is 12.3. The van der Waals surface area contributed by atoms with E-state index in [0.29, 0.717) is 6.04 Å². The largest absolute Gasteiger partial charge is 0.460 e. The Labute approximate surface area is 147 Å². The fourth-order valence-corrected chi connectivity index (χ4v) is 3.51. The van der Waals surface area contributed by atoms with Crippen LogP contribution in [0.3, 0.4) is 0 Å². The molecular weight excluding hydrogens is 315 g/mol. The third-order valence-corrected chi connectivity index (χ3v) is 4.95. The molecule has 0 aliphatic carbocycles. The molecule has 0 amide bonds. The number of likely N-dealkylation sites (tertiary alicyclic amines) is 1. The fourth-order valence-electron chi connectivity index (χ4n) is 3.51. The Bertz CT molecular complexity index is 786. The Kier molecular flexibility index (Phi) is 4.81. The van der Waals surface area contributed by atoms with Crippen LogP contribution in [0.1, 0.15) is 24.2 Å². The Morgan fingerprint density at radius 2 is 1.80 bits per heavy atom. The van der Waals surface area contributed by atoms with Gasteiger partial charge in [-0.3, -0.25) is 4.90 Å². The van der Waals surface area contributed by atoms with Crippen LogP contribution in [0, 0.1) is 5.82 Å². The summed E-state index contributed by atoms with van der Waals surface area (Å²) in [6.45, 7) is 3.80. The van der Waals surface area contributed by atoms with Gasteiger partial charge >= 0.3 is 0 Å². The highest BCUT2D eigenvalue weighted by atomic mass is 19.1. The maximum atomic E-state index is 13.0. The highest BCUT2D eigenvalue weighted by Crippen LogP contribution is 2.20. The number of nitrogens with one attached hydrogen (secondary N) is 1. The van der Waals surface area contributed by atoms with Crippen molar-refractivity contribution in [3.8, 4) is 0 Å². The maximum absolute atomic E-state index is 13.0. The first-order valence-corrected chi connectivity index (χ1v) is 8.94. The van der Waals surface area contributed by atoms with Gasteiger partial charge in [0.2, 0.25) is 0 Å². The Hall–Kier alpha value is -2.17. The minimum atomic E-state index is -0.169. The van der Waals surface area contributed by atoms with E-state index in [0.717, 1.165) is 55.8 Å². The minimum absolute atomic E-state index is 0.169. The second kappa shape index (κ2) is 7.38. The molecule has 1 aliphatic heterocycles. The summed E-state index contributed by atoms with van der Waals surface area (Å²) in [6, 6.07) is 17.6. The molecule has 1 aliphatic rings. The lowest BCUT2D eigenvalue weighted by Crippen LogP contribution is -2.41. The van der Waals surface area contributed by atoms with E-state index < -0.39 is 0 Å². The zero-order chi connectivity index (χ0) is 17.1. The molecule has 3 nitrogen and oxygen atoms in total. The van der Waals surface area contributed by atoms with E-state index in [1.54, 1.807) is 0 Å². The second-order valence-electron chi connectivity index (χ2n) is 6.81. The van der Waals surface area contributed by atoms with Crippen molar-refractivity contribution in [3.05, 3.63) is 71.7 Å². The number of hydrogen-bond acceptors (Lipinski definition) is 3. The summed E-state index contributed by atoms with van der Waals surface area (Å²) in [5, 5.41) is 4.78. The van der Waals surface area contributed by atoms with E-state index in [-0.39, 0.29) is 5.82 Å². The summed E-state index contributed by atoms with van der Waals surface area (Å²) in [5.41, 5.74) is 2.13. The van der Waals surface area contributed by atoms with Crippen molar-refractivity contribution in [1.82, 2.24) is 10.2 Å². The summed E-state index contributed by atoms with van der Waals surface area (Å²) in [5.74, 6) is 0.826. The number of benzene rings is 2. The molecule has 25 heavy (non-hydrogen) atoms. The molecule has 1 N–H and O–H groups in total.